The first kappa shape index (κ1) is 33.1. The Kier molecular flexibility index (Phi) is 6.39. The highest BCUT2D eigenvalue weighted by Gasteiger charge is 2.73. The summed E-state index contributed by atoms with van der Waals surface area (Å²) in [5.74, 6) is -1.68. The van der Waals surface area contributed by atoms with E-state index in [4.69, 9.17) is 9.47 Å². The van der Waals surface area contributed by atoms with Gasteiger partial charge in [-0.05, 0) is 143 Å². The monoisotopic (exact) mass is 681 g/mol. The minimum atomic E-state index is -1.29. The predicted molar refractivity (Wildman–Crippen MR) is 194 cm³/mol. The number of rotatable bonds is 3. The second-order valence-electron chi connectivity index (χ2n) is 19.2. The number of fused-ring (bicyclic) bond motifs is 13. The fraction of sp³-hybridized carbons (Fsp3) is 0.651. The molecule has 268 valence electrons. The molecule has 1 aromatic heterocycles. The van der Waals surface area contributed by atoms with Gasteiger partial charge in [-0.3, -0.25) is 0 Å². The Hall–Kier alpha value is -2.71. The van der Waals surface area contributed by atoms with Crippen LogP contribution < -0.4 is 0 Å². The molecule has 10 atom stereocenters. The Morgan fingerprint density at radius 1 is 1.02 bits per heavy atom. The van der Waals surface area contributed by atoms with Crippen LogP contribution in [-0.2, 0) is 32.5 Å². The molecular formula is C43H55NO6. The first-order valence-electron chi connectivity index (χ1n) is 19.0. The van der Waals surface area contributed by atoms with Gasteiger partial charge in [-0.15, -0.1) is 0 Å². The molecule has 4 heterocycles. The Bertz CT molecular complexity index is 2000. The highest BCUT2D eigenvalue weighted by atomic mass is 16.6. The third kappa shape index (κ3) is 3.73. The molecule has 7 aliphatic rings. The van der Waals surface area contributed by atoms with Crippen LogP contribution in [0.2, 0.25) is 0 Å². The standard InChI is InChI=1S/C43H55NO6/c1-21(2)30-18-28-32-25(29-20-38(4,5)50-39(6,7)33(29)35(32)45)17-26-27-16-23-11-12-31-40(8,42(23,10)36(27)44(30)34(26)28)13-14-43(48)41(31,9)19-24(49-43)15-22(3)37(46)47/h15,17,20,23-24,30-31,33,35,45,48H,1,11-14,16,18-19H2,2-10H3,(H,46,47)/t23-,24+,30+,31+,33+,35+,40-,41-,42+,43-/m0/s1. The summed E-state index contributed by atoms with van der Waals surface area (Å²) < 4.78 is 15.7. The van der Waals surface area contributed by atoms with Gasteiger partial charge < -0.3 is 29.4 Å². The lowest BCUT2D eigenvalue weighted by Gasteiger charge is -2.65. The van der Waals surface area contributed by atoms with Crippen molar-refractivity contribution >= 4 is 22.4 Å². The molecule has 3 aliphatic heterocycles. The number of hydrogen-bond donors (Lipinski definition) is 3. The molecule has 0 spiro atoms. The van der Waals surface area contributed by atoms with Gasteiger partial charge in [0.1, 0.15) is 0 Å². The normalized spacial score (nSPS) is 43.1. The number of aliphatic carboxylic acids is 1. The largest absolute Gasteiger partial charge is 0.478 e. The van der Waals surface area contributed by atoms with Crippen molar-refractivity contribution in [2.75, 3.05) is 0 Å². The lowest BCUT2D eigenvalue weighted by Crippen LogP contribution is -2.65. The smallest absolute Gasteiger partial charge is 0.331 e. The summed E-state index contributed by atoms with van der Waals surface area (Å²) >= 11 is 0. The minimum Gasteiger partial charge on any atom is -0.478 e. The van der Waals surface area contributed by atoms with Gasteiger partial charge in [0.2, 0.25) is 0 Å². The number of allylic oxidation sites excluding steroid dienone is 1. The summed E-state index contributed by atoms with van der Waals surface area (Å²) in [5, 5.41) is 35.4. The van der Waals surface area contributed by atoms with E-state index in [1.54, 1.807) is 13.0 Å². The number of aliphatic hydroxyl groups is 2. The van der Waals surface area contributed by atoms with Crippen LogP contribution in [0.1, 0.15) is 135 Å². The lowest BCUT2D eigenvalue weighted by atomic mass is 9.40. The van der Waals surface area contributed by atoms with E-state index in [1.165, 1.54) is 38.9 Å². The number of aromatic nitrogens is 1. The third-order valence-electron chi connectivity index (χ3n) is 15.8. The van der Waals surface area contributed by atoms with E-state index in [0.29, 0.717) is 18.8 Å². The van der Waals surface area contributed by atoms with Crippen molar-refractivity contribution in [2.45, 2.75) is 148 Å². The molecule has 2 aromatic rings. The summed E-state index contributed by atoms with van der Waals surface area (Å²) in [6.07, 6.45) is 8.86. The van der Waals surface area contributed by atoms with Crippen molar-refractivity contribution < 1.29 is 29.6 Å². The Morgan fingerprint density at radius 2 is 1.74 bits per heavy atom. The molecule has 4 aliphatic carbocycles. The number of nitrogens with zero attached hydrogens (tertiary/aromatic N) is 1. The first-order valence-corrected chi connectivity index (χ1v) is 19.0. The number of carboxylic acid groups (broad SMARTS) is 1. The van der Waals surface area contributed by atoms with Crippen LogP contribution in [0.3, 0.4) is 0 Å². The second kappa shape index (κ2) is 9.63. The van der Waals surface area contributed by atoms with Gasteiger partial charge in [0.15, 0.2) is 5.79 Å². The molecule has 7 nitrogen and oxygen atoms in total. The Labute approximate surface area is 296 Å². The van der Waals surface area contributed by atoms with Crippen molar-refractivity contribution in [3.63, 3.8) is 0 Å². The van der Waals surface area contributed by atoms with Crippen LogP contribution in [-0.4, -0.2) is 48.9 Å². The highest BCUT2D eigenvalue weighted by molar-refractivity contribution is 5.97. The maximum atomic E-state index is 12.2. The van der Waals surface area contributed by atoms with Crippen molar-refractivity contribution in [1.82, 2.24) is 4.57 Å². The Morgan fingerprint density at radius 3 is 2.42 bits per heavy atom. The van der Waals surface area contributed by atoms with E-state index < -0.39 is 40.6 Å². The number of ether oxygens (including phenoxy) is 2. The molecular weight excluding hydrogens is 626 g/mol. The Balaban J connectivity index is 1.23. The van der Waals surface area contributed by atoms with Crippen LogP contribution in [0.25, 0.3) is 16.5 Å². The van der Waals surface area contributed by atoms with Crippen molar-refractivity contribution in [3.05, 3.63) is 63.9 Å². The number of aliphatic hydroxyl groups excluding tert-OH is 1. The summed E-state index contributed by atoms with van der Waals surface area (Å²) in [6, 6.07) is 2.55. The van der Waals surface area contributed by atoms with E-state index in [9.17, 15) is 20.1 Å². The van der Waals surface area contributed by atoms with Gasteiger partial charge in [0.25, 0.3) is 0 Å². The van der Waals surface area contributed by atoms with Crippen molar-refractivity contribution in [2.24, 2.45) is 28.6 Å². The van der Waals surface area contributed by atoms with Gasteiger partial charge in [-0.25, -0.2) is 4.79 Å². The van der Waals surface area contributed by atoms with Crippen LogP contribution in [0.15, 0.2) is 35.9 Å². The average Bonchev–Trinajstić information content (AvgIpc) is 3.75. The number of benzene rings is 1. The highest BCUT2D eigenvalue weighted by Crippen LogP contribution is 2.74. The second-order valence-corrected chi connectivity index (χ2v) is 19.2. The molecule has 0 radical (unpaired) electrons. The van der Waals surface area contributed by atoms with Gasteiger partial charge in [-0.1, -0.05) is 32.9 Å². The van der Waals surface area contributed by atoms with E-state index in [0.717, 1.165) is 43.2 Å². The zero-order valence-electron chi connectivity index (χ0n) is 31.4. The predicted octanol–water partition coefficient (Wildman–Crippen LogP) is 8.10. The quantitative estimate of drug-likeness (QED) is 0.224. The maximum absolute atomic E-state index is 12.2. The molecule has 9 rings (SSSR count). The van der Waals surface area contributed by atoms with E-state index in [2.05, 4.69) is 78.7 Å². The molecule has 3 N–H and O–H groups in total. The minimum absolute atomic E-state index is 0.117. The summed E-state index contributed by atoms with van der Waals surface area (Å²) in [6.45, 7) is 24.1. The summed E-state index contributed by atoms with van der Waals surface area (Å²) in [7, 11) is 0. The molecule has 1 saturated heterocycles. The maximum Gasteiger partial charge on any atom is 0.331 e. The van der Waals surface area contributed by atoms with Gasteiger partial charge in [-0.2, -0.15) is 0 Å². The fourth-order valence-electron chi connectivity index (χ4n) is 13.7. The molecule has 2 saturated carbocycles. The average molecular weight is 682 g/mol. The molecule has 0 unspecified atom stereocenters. The molecule has 1 aromatic carbocycles. The third-order valence-corrected chi connectivity index (χ3v) is 15.8. The van der Waals surface area contributed by atoms with E-state index in [1.807, 2.05) is 0 Å². The van der Waals surface area contributed by atoms with Crippen molar-refractivity contribution in [3.8, 4) is 0 Å². The summed E-state index contributed by atoms with van der Waals surface area (Å²) in [5.41, 5.74) is 8.70. The van der Waals surface area contributed by atoms with Crippen LogP contribution in [0.5, 0.6) is 0 Å². The zero-order valence-corrected chi connectivity index (χ0v) is 31.4. The number of carboxylic acids is 1. The molecule has 0 bridgehead atoms. The van der Waals surface area contributed by atoms with E-state index in [-0.39, 0.29) is 34.3 Å². The van der Waals surface area contributed by atoms with Crippen LogP contribution in [0, 0.1) is 28.6 Å². The van der Waals surface area contributed by atoms with E-state index >= 15 is 0 Å². The SMILES string of the molecule is C=C(C)[C@H]1Cc2c3c(cc4c5c(n1c24)[C@@]1(C)[C@@H](CC[C@@H]2[C@]1(C)CC[C@]1(O)O[C@H](C=C(C)C(=O)O)C[C@@]21C)C5)C1=CC(C)(C)OC(C)(C)[C@H]1[C@@H]3O. The van der Waals surface area contributed by atoms with Crippen molar-refractivity contribution in [1.29, 1.82) is 0 Å². The molecule has 0 amide bonds. The molecule has 50 heavy (non-hydrogen) atoms. The number of hydrogen-bond acceptors (Lipinski definition) is 5. The van der Waals surface area contributed by atoms with Gasteiger partial charge >= 0.3 is 5.97 Å². The van der Waals surface area contributed by atoms with Crippen LogP contribution >= 0.6 is 0 Å². The molecule has 7 heteroatoms. The zero-order chi connectivity index (χ0) is 35.9. The lowest BCUT2D eigenvalue weighted by molar-refractivity contribution is -0.294. The molecule has 3 fully saturated rings. The van der Waals surface area contributed by atoms with Crippen LogP contribution in [0.4, 0.5) is 0 Å². The van der Waals surface area contributed by atoms with Gasteiger partial charge in [0.05, 0.1) is 35.0 Å². The number of carbonyl (C=O) groups is 1. The first-order chi connectivity index (χ1) is 23.2. The summed E-state index contributed by atoms with van der Waals surface area (Å²) in [4.78, 5) is 11.7. The fourth-order valence-corrected chi connectivity index (χ4v) is 13.7. The topological polar surface area (TPSA) is 101 Å². The van der Waals surface area contributed by atoms with Gasteiger partial charge in [0, 0.05) is 39.8 Å².